The molecule has 1 saturated heterocycles. The SMILES string of the molecule is C[C@H]1CC[C@]2(C)C3CC[C@@]4(C)[C@@H](CC[C@@]4(O)c4ccccn4)C3[C@H]3OC(C)(C)O[C@@H]3[C@H]2C1. The second-order valence-corrected chi connectivity index (χ2v) is 12.9. The summed E-state index contributed by atoms with van der Waals surface area (Å²) in [6.07, 6.45) is 10.2. The van der Waals surface area contributed by atoms with Crippen LogP contribution in [0.4, 0.5) is 0 Å². The molecule has 0 aromatic carbocycles. The zero-order chi connectivity index (χ0) is 22.5. The Morgan fingerprint density at radius 3 is 2.41 bits per heavy atom. The average molecular weight is 440 g/mol. The summed E-state index contributed by atoms with van der Waals surface area (Å²) in [6.45, 7) is 11.6. The highest BCUT2D eigenvalue weighted by atomic mass is 16.8. The van der Waals surface area contributed by atoms with Gasteiger partial charge < -0.3 is 14.6 Å². The third kappa shape index (κ3) is 2.69. The van der Waals surface area contributed by atoms with E-state index >= 15 is 0 Å². The third-order valence-electron chi connectivity index (χ3n) is 11.0. The Morgan fingerprint density at radius 1 is 0.906 bits per heavy atom. The van der Waals surface area contributed by atoms with Gasteiger partial charge in [0.05, 0.1) is 17.9 Å². The summed E-state index contributed by atoms with van der Waals surface area (Å²) in [5.74, 6) is 2.38. The van der Waals surface area contributed by atoms with E-state index in [-0.39, 0.29) is 17.6 Å². The minimum Gasteiger partial charge on any atom is -0.383 e. The van der Waals surface area contributed by atoms with Crippen LogP contribution in [-0.2, 0) is 15.1 Å². The highest BCUT2D eigenvalue weighted by Gasteiger charge is 2.71. The third-order valence-corrected chi connectivity index (χ3v) is 11.0. The molecule has 176 valence electrons. The molecule has 1 N–H and O–H groups in total. The van der Waals surface area contributed by atoms with Crippen molar-refractivity contribution in [2.75, 3.05) is 0 Å². The van der Waals surface area contributed by atoms with Gasteiger partial charge in [-0.3, -0.25) is 4.98 Å². The monoisotopic (exact) mass is 439 g/mol. The molecule has 4 aliphatic carbocycles. The van der Waals surface area contributed by atoms with E-state index in [1.807, 2.05) is 24.4 Å². The molecule has 2 heterocycles. The average Bonchev–Trinajstić information content (AvgIpc) is 3.23. The number of ether oxygens (including phenoxy) is 2. The largest absolute Gasteiger partial charge is 0.383 e. The van der Waals surface area contributed by atoms with E-state index in [0.29, 0.717) is 29.1 Å². The summed E-state index contributed by atoms with van der Waals surface area (Å²) >= 11 is 0. The Balaban J connectivity index is 1.43. The number of fused-ring (bicyclic) bond motifs is 8. The van der Waals surface area contributed by atoms with Crippen LogP contribution in [0.3, 0.4) is 0 Å². The van der Waals surface area contributed by atoms with Crippen LogP contribution in [0.15, 0.2) is 24.4 Å². The first-order valence-corrected chi connectivity index (χ1v) is 13.1. The van der Waals surface area contributed by atoms with E-state index in [4.69, 9.17) is 9.47 Å². The topological polar surface area (TPSA) is 51.6 Å². The molecule has 5 aliphatic rings. The normalized spacial score (nSPS) is 53.8. The second kappa shape index (κ2) is 6.79. The Bertz CT molecular complexity index is 888. The summed E-state index contributed by atoms with van der Waals surface area (Å²) in [6, 6.07) is 5.99. The lowest BCUT2D eigenvalue weighted by molar-refractivity contribution is -0.203. The number of hydrogen-bond donors (Lipinski definition) is 1. The Kier molecular flexibility index (Phi) is 4.58. The molecule has 0 bridgehead atoms. The Labute approximate surface area is 193 Å². The van der Waals surface area contributed by atoms with E-state index < -0.39 is 11.4 Å². The Hall–Kier alpha value is -0.970. The molecule has 4 heteroatoms. The zero-order valence-electron chi connectivity index (χ0n) is 20.5. The quantitative estimate of drug-likeness (QED) is 0.611. The molecule has 1 aliphatic heterocycles. The van der Waals surface area contributed by atoms with Crippen LogP contribution in [0.1, 0.15) is 85.3 Å². The van der Waals surface area contributed by atoms with E-state index in [9.17, 15) is 5.11 Å². The van der Waals surface area contributed by atoms with Crippen LogP contribution in [0.2, 0.25) is 0 Å². The van der Waals surface area contributed by atoms with Gasteiger partial charge >= 0.3 is 0 Å². The van der Waals surface area contributed by atoms with E-state index in [2.05, 4.69) is 39.6 Å². The zero-order valence-corrected chi connectivity index (χ0v) is 20.5. The van der Waals surface area contributed by atoms with Gasteiger partial charge in [-0.2, -0.15) is 0 Å². The summed E-state index contributed by atoms with van der Waals surface area (Å²) < 4.78 is 13.5. The van der Waals surface area contributed by atoms with Crippen LogP contribution in [0, 0.1) is 40.4 Å². The van der Waals surface area contributed by atoms with Crippen molar-refractivity contribution in [1.82, 2.24) is 4.98 Å². The fourth-order valence-corrected chi connectivity index (χ4v) is 9.43. The first-order chi connectivity index (χ1) is 15.1. The van der Waals surface area contributed by atoms with Gasteiger partial charge in [0, 0.05) is 11.6 Å². The van der Waals surface area contributed by atoms with Gasteiger partial charge in [0.1, 0.15) is 5.60 Å². The highest BCUT2D eigenvalue weighted by molar-refractivity contribution is 5.25. The van der Waals surface area contributed by atoms with Gasteiger partial charge in [0.15, 0.2) is 5.79 Å². The lowest BCUT2D eigenvalue weighted by atomic mass is 9.42. The summed E-state index contributed by atoms with van der Waals surface area (Å²) in [5, 5.41) is 12.1. The molecule has 1 aromatic heterocycles. The molecule has 32 heavy (non-hydrogen) atoms. The van der Waals surface area contributed by atoms with Crippen LogP contribution in [0.25, 0.3) is 0 Å². The lowest BCUT2D eigenvalue weighted by Crippen LogP contribution is -2.63. The van der Waals surface area contributed by atoms with Crippen molar-refractivity contribution in [3.63, 3.8) is 0 Å². The van der Waals surface area contributed by atoms with Crippen LogP contribution in [-0.4, -0.2) is 28.1 Å². The fraction of sp³-hybridized carbons (Fsp3) is 0.821. The van der Waals surface area contributed by atoms with Crippen LogP contribution in [0.5, 0.6) is 0 Å². The predicted octanol–water partition coefficient (Wildman–Crippen LogP) is 5.69. The molecular weight excluding hydrogens is 398 g/mol. The van der Waals surface area contributed by atoms with Crippen molar-refractivity contribution >= 4 is 0 Å². The number of nitrogens with zero attached hydrogens (tertiary/aromatic N) is 1. The summed E-state index contributed by atoms with van der Waals surface area (Å²) in [4.78, 5) is 4.64. The Morgan fingerprint density at radius 2 is 1.66 bits per heavy atom. The van der Waals surface area contributed by atoms with Gasteiger partial charge in [-0.05, 0) is 99.5 Å². The van der Waals surface area contributed by atoms with Crippen molar-refractivity contribution < 1.29 is 14.6 Å². The van der Waals surface area contributed by atoms with Crippen molar-refractivity contribution in [3.8, 4) is 0 Å². The molecule has 4 saturated carbocycles. The first-order valence-electron chi connectivity index (χ1n) is 13.1. The molecule has 5 fully saturated rings. The minimum absolute atomic E-state index is 0.147. The number of aromatic nitrogens is 1. The van der Waals surface area contributed by atoms with Crippen molar-refractivity contribution in [2.24, 2.45) is 40.4 Å². The van der Waals surface area contributed by atoms with Gasteiger partial charge in [-0.15, -0.1) is 0 Å². The maximum atomic E-state index is 12.1. The molecule has 0 amide bonds. The standard InChI is InChI=1S/C28H41NO3/c1-17-9-12-26(4)18-10-13-27(5)19(11-14-28(27,30)21-8-6-7-15-29-21)22(18)24-23(20(26)16-17)31-25(2,3)32-24/h6-8,15,17-20,22-24,30H,9-14,16H2,1-5H3/t17-,18?,19-,20+,22?,23+,24+,26+,27-,28+/m0/s1. The highest BCUT2D eigenvalue weighted by Crippen LogP contribution is 2.71. The molecule has 0 radical (unpaired) electrons. The number of pyridine rings is 1. The number of aliphatic hydroxyl groups is 1. The molecular formula is C28H41NO3. The van der Waals surface area contributed by atoms with Crippen molar-refractivity contribution in [2.45, 2.75) is 103 Å². The van der Waals surface area contributed by atoms with Crippen molar-refractivity contribution in [1.29, 1.82) is 0 Å². The first kappa shape index (κ1) is 21.6. The number of rotatable bonds is 1. The smallest absolute Gasteiger partial charge is 0.163 e. The van der Waals surface area contributed by atoms with Gasteiger partial charge in [0.2, 0.25) is 0 Å². The minimum atomic E-state index is -0.854. The molecule has 4 nitrogen and oxygen atoms in total. The predicted molar refractivity (Wildman–Crippen MR) is 124 cm³/mol. The van der Waals surface area contributed by atoms with Gasteiger partial charge in [-0.1, -0.05) is 33.3 Å². The van der Waals surface area contributed by atoms with E-state index in [1.165, 1.54) is 25.7 Å². The molecule has 1 aromatic rings. The van der Waals surface area contributed by atoms with E-state index in [0.717, 1.165) is 30.9 Å². The molecule has 2 unspecified atom stereocenters. The van der Waals surface area contributed by atoms with E-state index in [1.54, 1.807) is 0 Å². The molecule has 6 rings (SSSR count). The molecule has 10 atom stereocenters. The van der Waals surface area contributed by atoms with Crippen LogP contribution >= 0.6 is 0 Å². The maximum absolute atomic E-state index is 12.1. The van der Waals surface area contributed by atoms with Crippen molar-refractivity contribution in [3.05, 3.63) is 30.1 Å². The van der Waals surface area contributed by atoms with Gasteiger partial charge in [0.25, 0.3) is 0 Å². The maximum Gasteiger partial charge on any atom is 0.163 e. The summed E-state index contributed by atoms with van der Waals surface area (Å²) in [5.41, 5.74) is 0.145. The fourth-order valence-electron chi connectivity index (χ4n) is 9.43. The lowest BCUT2D eigenvalue weighted by Gasteiger charge is -2.64. The molecule has 0 spiro atoms. The van der Waals surface area contributed by atoms with Gasteiger partial charge in [-0.25, -0.2) is 0 Å². The number of hydrogen-bond acceptors (Lipinski definition) is 4. The van der Waals surface area contributed by atoms with Crippen LogP contribution < -0.4 is 0 Å². The second-order valence-electron chi connectivity index (χ2n) is 12.9. The summed E-state index contributed by atoms with van der Waals surface area (Å²) in [7, 11) is 0.